The van der Waals surface area contributed by atoms with Crippen LogP contribution in [0.25, 0.3) is 0 Å². The summed E-state index contributed by atoms with van der Waals surface area (Å²) in [6, 6.07) is 5.88. The van der Waals surface area contributed by atoms with Gasteiger partial charge in [0.1, 0.15) is 0 Å². The number of nitrogens with one attached hydrogen (secondary N) is 1. The molecule has 1 unspecified atom stereocenters. The fourth-order valence-electron chi connectivity index (χ4n) is 3.23. The molecule has 1 heterocycles. The maximum absolute atomic E-state index is 12.1. The fraction of sp³-hybridized carbons (Fsp3) is 0.600. The van der Waals surface area contributed by atoms with E-state index in [0.717, 1.165) is 36.7 Å². The zero-order valence-electron chi connectivity index (χ0n) is 16.8. The summed E-state index contributed by atoms with van der Waals surface area (Å²) < 4.78 is 16.1. The SMILES string of the molecule is CCOC(=O)C1CCCN(C(=NC)NCc2ccc(OCC)c(OC)c2)C1. The number of methoxy groups -OCH3 is 1. The molecule has 150 valence electrons. The Hall–Kier alpha value is -2.44. The van der Waals surface area contributed by atoms with Gasteiger partial charge < -0.3 is 24.4 Å². The second-order valence-electron chi connectivity index (χ2n) is 6.36. The van der Waals surface area contributed by atoms with Crippen LogP contribution in [-0.4, -0.2) is 57.3 Å². The van der Waals surface area contributed by atoms with Crippen molar-refractivity contribution >= 4 is 11.9 Å². The number of ether oxygens (including phenoxy) is 3. The Kier molecular flexibility index (Phi) is 8.23. The monoisotopic (exact) mass is 377 g/mol. The summed E-state index contributed by atoms with van der Waals surface area (Å²) in [5, 5.41) is 3.38. The number of aliphatic imine (C=N–C) groups is 1. The van der Waals surface area contributed by atoms with E-state index in [0.29, 0.717) is 32.1 Å². The van der Waals surface area contributed by atoms with Gasteiger partial charge in [-0.3, -0.25) is 9.79 Å². The molecule has 0 spiro atoms. The minimum absolute atomic E-state index is 0.0946. The van der Waals surface area contributed by atoms with Gasteiger partial charge in [-0.1, -0.05) is 6.07 Å². The van der Waals surface area contributed by atoms with Gasteiger partial charge in [0, 0.05) is 26.7 Å². The summed E-state index contributed by atoms with van der Waals surface area (Å²) in [6.07, 6.45) is 1.81. The zero-order chi connectivity index (χ0) is 19.6. The number of rotatable bonds is 7. The Bertz CT molecular complexity index is 648. The van der Waals surface area contributed by atoms with Crippen molar-refractivity contribution in [1.82, 2.24) is 10.2 Å². The van der Waals surface area contributed by atoms with Gasteiger partial charge in [-0.25, -0.2) is 0 Å². The van der Waals surface area contributed by atoms with Crippen LogP contribution in [0.2, 0.25) is 0 Å². The lowest BCUT2D eigenvalue weighted by atomic mass is 9.98. The molecular formula is C20H31N3O4. The lowest BCUT2D eigenvalue weighted by Crippen LogP contribution is -2.48. The van der Waals surface area contributed by atoms with Gasteiger partial charge in [0.15, 0.2) is 17.5 Å². The zero-order valence-corrected chi connectivity index (χ0v) is 16.8. The topological polar surface area (TPSA) is 72.4 Å². The average Bonchev–Trinajstić information content (AvgIpc) is 2.70. The quantitative estimate of drug-likeness (QED) is 0.447. The number of nitrogens with zero attached hydrogens (tertiary/aromatic N) is 2. The molecule has 1 N–H and O–H groups in total. The minimum atomic E-state index is -0.117. The molecule has 1 aromatic carbocycles. The first kappa shape index (κ1) is 20.9. The number of hydrogen-bond acceptors (Lipinski definition) is 5. The van der Waals surface area contributed by atoms with Gasteiger partial charge in [-0.15, -0.1) is 0 Å². The molecule has 1 saturated heterocycles. The molecule has 0 saturated carbocycles. The molecule has 0 bridgehead atoms. The highest BCUT2D eigenvalue weighted by Crippen LogP contribution is 2.28. The van der Waals surface area contributed by atoms with Crippen molar-refractivity contribution in [3.63, 3.8) is 0 Å². The van der Waals surface area contributed by atoms with E-state index in [-0.39, 0.29) is 11.9 Å². The van der Waals surface area contributed by atoms with Gasteiger partial charge in [-0.2, -0.15) is 0 Å². The van der Waals surface area contributed by atoms with E-state index in [2.05, 4.69) is 15.2 Å². The second-order valence-corrected chi connectivity index (χ2v) is 6.36. The van der Waals surface area contributed by atoms with Crippen molar-refractivity contribution in [3.8, 4) is 11.5 Å². The predicted octanol–water partition coefficient (Wildman–Crippen LogP) is 2.44. The molecule has 0 aromatic heterocycles. The Morgan fingerprint density at radius 2 is 2.11 bits per heavy atom. The molecule has 7 nitrogen and oxygen atoms in total. The number of likely N-dealkylation sites (tertiary alicyclic amines) is 1. The smallest absolute Gasteiger partial charge is 0.310 e. The molecule has 1 aliphatic heterocycles. The van der Waals surface area contributed by atoms with Gasteiger partial charge in [0.25, 0.3) is 0 Å². The van der Waals surface area contributed by atoms with Crippen LogP contribution in [0.4, 0.5) is 0 Å². The van der Waals surface area contributed by atoms with Crippen LogP contribution in [0.15, 0.2) is 23.2 Å². The van der Waals surface area contributed by atoms with Gasteiger partial charge >= 0.3 is 5.97 Å². The lowest BCUT2D eigenvalue weighted by Gasteiger charge is -2.34. The third kappa shape index (κ3) is 5.77. The highest BCUT2D eigenvalue weighted by molar-refractivity contribution is 5.81. The van der Waals surface area contributed by atoms with Crippen molar-refractivity contribution in [1.29, 1.82) is 0 Å². The van der Waals surface area contributed by atoms with Gasteiger partial charge in [-0.05, 0) is 44.4 Å². The molecule has 0 amide bonds. The second kappa shape index (κ2) is 10.6. The molecule has 2 rings (SSSR count). The van der Waals surface area contributed by atoms with Crippen molar-refractivity contribution < 1.29 is 19.0 Å². The molecule has 27 heavy (non-hydrogen) atoms. The van der Waals surface area contributed by atoms with Crippen molar-refractivity contribution in [2.45, 2.75) is 33.2 Å². The molecule has 1 atom stereocenters. The lowest BCUT2D eigenvalue weighted by molar-refractivity contribution is -0.149. The maximum Gasteiger partial charge on any atom is 0.310 e. The van der Waals surface area contributed by atoms with E-state index >= 15 is 0 Å². The van der Waals surface area contributed by atoms with E-state index in [4.69, 9.17) is 14.2 Å². The number of guanidine groups is 1. The van der Waals surface area contributed by atoms with Crippen LogP contribution in [0.5, 0.6) is 11.5 Å². The molecular weight excluding hydrogens is 346 g/mol. The number of carbonyl (C=O) groups excluding carboxylic acids is 1. The normalized spacial score (nSPS) is 17.4. The molecule has 1 fully saturated rings. The van der Waals surface area contributed by atoms with E-state index in [1.54, 1.807) is 14.2 Å². The summed E-state index contributed by atoms with van der Waals surface area (Å²) in [7, 11) is 3.40. The summed E-state index contributed by atoms with van der Waals surface area (Å²) in [6.45, 7) is 6.91. The average molecular weight is 377 g/mol. The van der Waals surface area contributed by atoms with E-state index in [9.17, 15) is 4.79 Å². The van der Waals surface area contributed by atoms with Crippen LogP contribution in [-0.2, 0) is 16.1 Å². The molecule has 0 aliphatic carbocycles. The van der Waals surface area contributed by atoms with Crippen molar-refractivity contribution in [3.05, 3.63) is 23.8 Å². The first-order valence-electron chi connectivity index (χ1n) is 9.54. The first-order chi connectivity index (χ1) is 13.1. The molecule has 0 radical (unpaired) electrons. The largest absolute Gasteiger partial charge is 0.493 e. The van der Waals surface area contributed by atoms with Crippen LogP contribution >= 0.6 is 0 Å². The van der Waals surface area contributed by atoms with Crippen molar-refractivity contribution in [2.24, 2.45) is 10.9 Å². The van der Waals surface area contributed by atoms with E-state index in [1.807, 2.05) is 32.0 Å². The Morgan fingerprint density at radius 3 is 2.78 bits per heavy atom. The predicted molar refractivity (Wildman–Crippen MR) is 105 cm³/mol. The number of piperidine rings is 1. The third-order valence-corrected chi connectivity index (χ3v) is 4.53. The molecule has 1 aromatic rings. The maximum atomic E-state index is 12.1. The number of hydrogen-bond donors (Lipinski definition) is 1. The number of carbonyl (C=O) groups is 1. The van der Waals surface area contributed by atoms with Crippen LogP contribution in [0.3, 0.4) is 0 Å². The minimum Gasteiger partial charge on any atom is -0.493 e. The number of esters is 1. The Balaban J connectivity index is 1.98. The van der Waals surface area contributed by atoms with Crippen molar-refractivity contribution in [2.75, 3.05) is 40.5 Å². The first-order valence-corrected chi connectivity index (χ1v) is 9.54. The van der Waals surface area contributed by atoms with E-state index in [1.165, 1.54) is 0 Å². The van der Waals surface area contributed by atoms with Crippen LogP contribution < -0.4 is 14.8 Å². The van der Waals surface area contributed by atoms with Gasteiger partial charge in [0.2, 0.25) is 0 Å². The highest BCUT2D eigenvalue weighted by Gasteiger charge is 2.28. The highest BCUT2D eigenvalue weighted by atomic mass is 16.5. The van der Waals surface area contributed by atoms with E-state index < -0.39 is 0 Å². The summed E-state index contributed by atoms with van der Waals surface area (Å²) >= 11 is 0. The summed E-state index contributed by atoms with van der Waals surface area (Å²) in [4.78, 5) is 18.6. The fourth-order valence-corrected chi connectivity index (χ4v) is 3.23. The molecule has 7 heteroatoms. The third-order valence-electron chi connectivity index (χ3n) is 4.53. The van der Waals surface area contributed by atoms with Gasteiger partial charge in [0.05, 0.1) is 26.2 Å². The standard InChI is InChI=1S/C20H31N3O4/c1-5-26-17-10-9-15(12-18(17)25-4)13-22-20(21-3)23-11-7-8-16(14-23)19(24)27-6-2/h9-10,12,16H,5-8,11,13-14H2,1-4H3,(H,21,22). The van der Waals surface area contributed by atoms with Crippen LogP contribution in [0.1, 0.15) is 32.3 Å². The number of benzene rings is 1. The van der Waals surface area contributed by atoms with Crippen LogP contribution in [0, 0.1) is 5.92 Å². The Morgan fingerprint density at radius 1 is 1.30 bits per heavy atom. The summed E-state index contributed by atoms with van der Waals surface area (Å²) in [5.41, 5.74) is 1.07. The summed E-state index contributed by atoms with van der Waals surface area (Å²) in [5.74, 6) is 2.03. The Labute approximate surface area is 161 Å². The molecule has 1 aliphatic rings.